The number of hydrazone groups is 1. The minimum absolute atomic E-state index is 0.00905. The summed E-state index contributed by atoms with van der Waals surface area (Å²) in [7, 11) is 0. The Hall–Kier alpha value is -3.42. The number of aromatic nitrogens is 2. The molecule has 1 aliphatic heterocycles. The number of alkyl halides is 4. The van der Waals surface area contributed by atoms with Crippen molar-refractivity contribution in [1.82, 2.24) is 15.4 Å². The summed E-state index contributed by atoms with van der Waals surface area (Å²) in [5, 5.41) is 5.81. The summed E-state index contributed by atoms with van der Waals surface area (Å²) in [5.41, 5.74) is 6.27. The highest BCUT2D eigenvalue weighted by Crippen LogP contribution is 2.51. The summed E-state index contributed by atoms with van der Waals surface area (Å²) in [4.78, 5) is 20.3. The third kappa shape index (κ3) is 5.01. The zero-order valence-corrected chi connectivity index (χ0v) is 18.7. The van der Waals surface area contributed by atoms with Crippen LogP contribution in [0.2, 0.25) is 5.02 Å². The molecule has 0 radical (unpaired) electrons. The first kappa shape index (κ1) is 24.7. The number of anilines is 1. The summed E-state index contributed by atoms with van der Waals surface area (Å²) in [6.45, 7) is -1.28. The van der Waals surface area contributed by atoms with Gasteiger partial charge < -0.3 is 20.5 Å². The number of halogens is 6. The molecule has 0 spiro atoms. The van der Waals surface area contributed by atoms with E-state index in [1.54, 1.807) is 0 Å². The Labute approximate surface area is 199 Å². The van der Waals surface area contributed by atoms with Crippen LogP contribution >= 0.6 is 11.6 Å². The number of ether oxygens (including phenoxy) is 2. The molecule has 1 amide bonds. The largest absolute Gasteiger partial charge is 0.467 e. The number of carbonyl (C=O) groups is 1. The Kier molecular flexibility index (Phi) is 6.34. The normalized spacial score (nSPS) is 23.2. The van der Waals surface area contributed by atoms with Crippen molar-refractivity contribution in [2.45, 2.75) is 31.2 Å². The molecule has 0 saturated heterocycles. The number of nitrogens with two attached hydrogens (primary N) is 1. The van der Waals surface area contributed by atoms with E-state index in [2.05, 4.69) is 30.5 Å². The number of aryl methyl sites for hydroxylation is 1. The SMILES string of the molecule is Cc1nc(OCC(F)(F)F)cnc1C(=O)Nc1cc(F)c(Cl)c([C@@]2(CF)NN=C(N)O[C@@H]3C[C@@H]32)c1. The van der Waals surface area contributed by atoms with Crippen LogP contribution in [0, 0.1) is 18.7 Å². The van der Waals surface area contributed by atoms with Gasteiger partial charge in [-0.05, 0) is 25.5 Å². The highest BCUT2D eigenvalue weighted by Gasteiger charge is 2.58. The first-order valence-corrected chi connectivity index (χ1v) is 10.5. The van der Waals surface area contributed by atoms with Crippen molar-refractivity contribution < 1.29 is 36.2 Å². The van der Waals surface area contributed by atoms with Crippen LogP contribution in [0.4, 0.5) is 27.6 Å². The van der Waals surface area contributed by atoms with Crippen LogP contribution in [0.1, 0.15) is 28.2 Å². The van der Waals surface area contributed by atoms with Crippen molar-refractivity contribution in [2.75, 3.05) is 18.6 Å². The number of benzene rings is 1. The monoisotopic (exact) mass is 520 g/mol. The Morgan fingerprint density at radius 1 is 1.43 bits per heavy atom. The van der Waals surface area contributed by atoms with Crippen molar-refractivity contribution in [3.05, 3.63) is 46.1 Å². The molecule has 4 N–H and O–H groups in total. The fourth-order valence-electron chi connectivity index (χ4n) is 3.79. The van der Waals surface area contributed by atoms with Crippen LogP contribution in [0.25, 0.3) is 0 Å². The van der Waals surface area contributed by atoms with Gasteiger partial charge in [0.1, 0.15) is 29.8 Å². The Morgan fingerprint density at radius 3 is 2.83 bits per heavy atom. The molecule has 0 unspecified atom stereocenters. The number of amidine groups is 1. The maximum atomic E-state index is 14.7. The molecule has 2 heterocycles. The molecule has 1 aromatic heterocycles. The van der Waals surface area contributed by atoms with Crippen molar-refractivity contribution in [3.8, 4) is 5.88 Å². The second-order valence-electron chi connectivity index (χ2n) is 7.99. The average molecular weight is 521 g/mol. The summed E-state index contributed by atoms with van der Waals surface area (Å²) in [6.07, 6.45) is -3.75. The maximum absolute atomic E-state index is 14.7. The van der Waals surface area contributed by atoms with Crippen LogP contribution in [0.5, 0.6) is 5.88 Å². The molecule has 4 rings (SSSR count). The van der Waals surface area contributed by atoms with E-state index in [-0.39, 0.29) is 33.7 Å². The van der Waals surface area contributed by atoms with Crippen LogP contribution in [0.3, 0.4) is 0 Å². The molecule has 35 heavy (non-hydrogen) atoms. The summed E-state index contributed by atoms with van der Waals surface area (Å²) >= 11 is 6.17. The molecular formula is C20H18ClF5N6O3. The molecule has 1 saturated carbocycles. The molecule has 1 fully saturated rings. The third-order valence-electron chi connectivity index (χ3n) is 5.50. The van der Waals surface area contributed by atoms with Crippen LogP contribution < -0.4 is 21.2 Å². The van der Waals surface area contributed by atoms with Crippen molar-refractivity contribution >= 4 is 29.2 Å². The molecular weight excluding hydrogens is 503 g/mol. The minimum Gasteiger partial charge on any atom is -0.467 e. The van der Waals surface area contributed by atoms with E-state index in [1.807, 2.05) is 0 Å². The molecule has 188 valence electrons. The average Bonchev–Trinajstić information content (AvgIpc) is 3.55. The highest BCUT2D eigenvalue weighted by molar-refractivity contribution is 6.31. The molecule has 1 aliphatic carbocycles. The Morgan fingerprint density at radius 2 is 2.17 bits per heavy atom. The van der Waals surface area contributed by atoms with Gasteiger partial charge >= 0.3 is 12.2 Å². The highest BCUT2D eigenvalue weighted by atomic mass is 35.5. The summed E-state index contributed by atoms with van der Waals surface area (Å²) in [6, 6.07) is 2.01. The number of hydrogen-bond acceptors (Lipinski definition) is 8. The maximum Gasteiger partial charge on any atom is 0.422 e. The smallest absolute Gasteiger partial charge is 0.422 e. The van der Waals surface area contributed by atoms with Gasteiger partial charge in [0.15, 0.2) is 6.61 Å². The second kappa shape index (κ2) is 8.98. The zero-order valence-electron chi connectivity index (χ0n) is 17.9. The van der Waals surface area contributed by atoms with E-state index < -0.39 is 54.6 Å². The van der Waals surface area contributed by atoms with Crippen molar-refractivity contribution in [3.63, 3.8) is 0 Å². The molecule has 1 aromatic carbocycles. The van der Waals surface area contributed by atoms with E-state index >= 15 is 0 Å². The van der Waals surface area contributed by atoms with Crippen molar-refractivity contribution in [1.29, 1.82) is 0 Å². The first-order valence-electron chi connectivity index (χ1n) is 10.1. The topological polar surface area (TPSA) is 124 Å². The van der Waals surface area contributed by atoms with Crippen LogP contribution in [0.15, 0.2) is 23.4 Å². The van der Waals surface area contributed by atoms with Gasteiger partial charge in [-0.2, -0.15) is 13.2 Å². The third-order valence-corrected chi connectivity index (χ3v) is 5.89. The molecule has 2 aliphatic rings. The van der Waals surface area contributed by atoms with Crippen LogP contribution in [-0.2, 0) is 10.3 Å². The predicted molar refractivity (Wildman–Crippen MR) is 113 cm³/mol. The van der Waals surface area contributed by atoms with E-state index in [9.17, 15) is 26.7 Å². The van der Waals surface area contributed by atoms with Gasteiger partial charge in [0.2, 0.25) is 5.88 Å². The van der Waals surface area contributed by atoms with Gasteiger partial charge in [-0.25, -0.2) is 18.7 Å². The van der Waals surface area contributed by atoms with E-state index in [0.717, 1.165) is 12.3 Å². The number of rotatable bonds is 6. The Bertz CT molecular complexity index is 1200. The van der Waals surface area contributed by atoms with Gasteiger partial charge in [-0.15, -0.1) is 5.10 Å². The number of fused-ring (bicyclic) bond motifs is 1. The Balaban J connectivity index is 1.60. The summed E-state index contributed by atoms with van der Waals surface area (Å²) < 4.78 is 75.9. The van der Waals surface area contributed by atoms with E-state index in [4.69, 9.17) is 22.1 Å². The standard InChI is InChI=1S/C20H18ClF5N6O3/c1-8-16(28-5-14(29-8)34-7-20(24,25)26)17(33)30-9-2-11(15(21)12(23)3-9)19(6-22)10-4-13(10)35-18(27)31-32-19/h2-3,5,10,13,32H,4,6-7H2,1H3,(H2,27,31)(H,30,33)/t10-,13+,19-/m0/s1. The van der Waals surface area contributed by atoms with Crippen molar-refractivity contribution in [2.24, 2.45) is 16.8 Å². The van der Waals surface area contributed by atoms with Crippen LogP contribution in [-0.4, -0.2) is 47.5 Å². The molecule has 9 nitrogen and oxygen atoms in total. The number of hydrogen-bond donors (Lipinski definition) is 3. The number of amides is 1. The lowest BCUT2D eigenvalue weighted by Crippen LogP contribution is -2.45. The molecule has 3 atom stereocenters. The van der Waals surface area contributed by atoms with Gasteiger partial charge in [-0.3, -0.25) is 10.2 Å². The van der Waals surface area contributed by atoms with E-state index in [1.165, 1.54) is 13.0 Å². The van der Waals surface area contributed by atoms with Gasteiger partial charge in [0, 0.05) is 17.2 Å². The van der Waals surface area contributed by atoms with Gasteiger partial charge in [-0.1, -0.05) is 11.6 Å². The van der Waals surface area contributed by atoms with Gasteiger partial charge in [0.05, 0.1) is 16.9 Å². The molecule has 2 aromatic rings. The minimum atomic E-state index is -4.57. The number of nitrogens with one attached hydrogen (secondary N) is 2. The zero-order chi connectivity index (χ0) is 25.5. The quantitative estimate of drug-likeness (QED) is 0.500. The molecule has 0 bridgehead atoms. The fourth-order valence-corrected chi connectivity index (χ4v) is 4.06. The first-order chi connectivity index (χ1) is 16.4. The summed E-state index contributed by atoms with van der Waals surface area (Å²) in [5.74, 6) is -2.67. The lowest BCUT2D eigenvalue weighted by molar-refractivity contribution is -0.154. The predicted octanol–water partition coefficient (Wildman–Crippen LogP) is 3.17. The molecule has 15 heteroatoms. The number of carbonyl (C=O) groups excluding carboxylic acids is 1. The van der Waals surface area contributed by atoms with Gasteiger partial charge in [0.25, 0.3) is 5.91 Å². The number of nitrogens with zero attached hydrogens (tertiary/aromatic N) is 3. The fraction of sp³-hybridized carbons (Fsp3) is 0.400. The van der Waals surface area contributed by atoms with E-state index in [0.29, 0.717) is 6.42 Å². The lowest BCUT2D eigenvalue weighted by Gasteiger charge is -2.31. The second-order valence-corrected chi connectivity index (χ2v) is 8.36. The lowest BCUT2D eigenvalue weighted by atomic mass is 9.86.